The Morgan fingerprint density at radius 2 is 1.92 bits per heavy atom. The maximum Gasteiger partial charge on any atom is 0.408 e. The lowest BCUT2D eigenvalue weighted by atomic mass is 10.1. The Morgan fingerprint density at radius 1 is 1.17 bits per heavy atom. The van der Waals surface area contributed by atoms with Crippen molar-refractivity contribution < 1.29 is 18.0 Å². The van der Waals surface area contributed by atoms with E-state index < -0.39 is 12.7 Å². The van der Waals surface area contributed by atoms with Crippen LogP contribution in [0, 0.1) is 6.92 Å². The minimum Gasteiger partial charge on any atom is -0.294 e. The lowest BCUT2D eigenvalue weighted by Crippen LogP contribution is -2.20. The van der Waals surface area contributed by atoms with Crippen LogP contribution >= 0.6 is 0 Å². The van der Waals surface area contributed by atoms with Gasteiger partial charge in [-0.25, -0.2) is 0 Å². The third-order valence-electron chi connectivity index (χ3n) is 3.73. The molecule has 0 saturated heterocycles. The molecule has 2 aromatic heterocycles. The number of aromatic nitrogens is 3. The molecule has 7 heteroatoms. The van der Waals surface area contributed by atoms with Gasteiger partial charge in [-0.3, -0.25) is 14.5 Å². The number of alkyl halides is 3. The molecular weight excluding hydrogens is 319 g/mol. The minimum atomic E-state index is -4.38. The third-order valence-corrected chi connectivity index (χ3v) is 3.73. The molecule has 0 saturated carbocycles. The molecule has 2 heterocycles. The SMILES string of the molecule is Cc1c(C(=O)Cc2ccc3ccccc3n2)cnn1CC(F)(F)F. The molecule has 0 radical (unpaired) electrons. The average Bonchev–Trinajstić information content (AvgIpc) is 2.86. The zero-order valence-corrected chi connectivity index (χ0v) is 12.8. The molecule has 0 atom stereocenters. The van der Waals surface area contributed by atoms with Gasteiger partial charge < -0.3 is 0 Å². The third kappa shape index (κ3) is 3.45. The minimum absolute atomic E-state index is 0.0172. The van der Waals surface area contributed by atoms with Crippen molar-refractivity contribution in [2.24, 2.45) is 0 Å². The fourth-order valence-electron chi connectivity index (χ4n) is 2.52. The fraction of sp³-hybridized carbons (Fsp3) is 0.235. The topological polar surface area (TPSA) is 47.8 Å². The Kier molecular flexibility index (Phi) is 4.09. The number of hydrogen-bond acceptors (Lipinski definition) is 3. The molecule has 0 N–H and O–H groups in total. The summed E-state index contributed by atoms with van der Waals surface area (Å²) in [6, 6.07) is 11.1. The number of ketones is 1. The van der Waals surface area contributed by atoms with Crippen LogP contribution in [0.25, 0.3) is 10.9 Å². The average molecular weight is 333 g/mol. The van der Waals surface area contributed by atoms with Gasteiger partial charge in [-0.05, 0) is 19.1 Å². The first-order valence-electron chi connectivity index (χ1n) is 7.30. The van der Waals surface area contributed by atoms with Crippen molar-refractivity contribution in [2.45, 2.75) is 26.1 Å². The first-order chi connectivity index (χ1) is 11.3. The van der Waals surface area contributed by atoms with Gasteiger partial charge in [0.25, 0.3) is 0 Å². The standard InChI is InChI=1S/C17H14F3N3O/c1-11-14(9-21-23(11)10-17(18,19)20)16(24)8-13-7-6-12-4-2-3-5-15(12)22-13/h2-7,9H,8,10H2,1H3. The van der Waals surface area contributed by atoms with Gasteiger partial charge in [-0.2, -0.15) is 18.3 Å². The van der Waals surface area contributed by atoms with E-state index in [0.29, 0.717) is 5.69 Å². The summed E-state index contributed by atoms with van der Waals surface area (Å²) in [6.45, 7) is 0.250. The van der Waals surface area contributed by atoms with E-state index in [1.165, 1.54) is 13.1 Å². The number of hydrogen-bond donors (Lipinski definition) is 0. The molecule has 0 aliphatic carbocycles. The molecule has 124 valence electrons. The van der Waals surface area contributed by atoms with E-state index in [1.807, 2.05) is 30.3 Å². The Hall–Kier alpha value is -2.70. The van der Waals surface area contributed by atoms with Gasteiger partial charge in [-0.1, -0.05) is 24.3 Å². The lowest BCUT2D eigenvalue weighted by molar-refractivity contribution is -0.142. The van der Waals surface area contributed by atoms with Crippen LogP contribution in [0.5, 0.6) is 0 Å². The van der Waals surface area contributed by atoms with Gasteiger partial charge in [0.15, 0.2) is 5.78 Å². The summed E-state index contributed by atoms with van der Waals surface area (Å²) in [5.41, 5.74) is 1.74. The number of pyridine rings is 1. The highest BCUT2D eigenvalue weighted by Gasteiger charge is 2.30. The van der Waals surface area contributed by atoms with E-state index in [0.717, 1.165) is 15.6 Å². The van der Waals surface area contributed by atoms with E-state index in [4.69, 9.17) is 0 Å². The first kappa shape index (κ1) is 16.2. The summed E-state index contributed by atoms with van der Waals surface area (Å²) in [7, 11) is 0. The normalized spacial score (nSPS) is 11.8. The Balaban J connectivity index is 1.81. The van der Waals surface area contributed by atoms with Crippen molar-refractivity contribution in [2.75, 3.05) is 0 Å². The van der Waals surface area contributed by atoms with Gasteiger partial charge in [-0.15, -0.1) is 0 Å². The molecule has 0 amide bonds. The van der Waals surface area contributed by atoms with Crippen molar-refractivity contribution in [3.8, 4) is 0 Å². The number of fused-ring (bicyclic) bond motifs is 1. The molecule has 24 heavy (non-hydrogen) atoms. The summed E-state index contributed by atoms with van der Waals surface area (Å²) in [5, 5.41) is 4.63. The monoisotopic (exact) mass is 333 g/mol. The molecular formula is C17H14F3N3O. The number of carbonyl (C=O) groups excluding carboxylic acids is 1. The van der Waals surface area contributed by atoms with Gasteiger partial charge in [0, 0.05) is 16.8 Å². The maximum absolute atomic E-state index is 12.5. The van der Waals surface area contributed by atoms with Crippen LogP contribution < -0.4 is 0 Å². The number of benzene rings is 1. The summed E-state index contributed by atoms with van der Waals surface area (Å²) < 4.78 is 38.2. The van der Waals surface area contributed by atoms with Crippen LogP contribution in [-0.4, -0.2) is 26.7 Å². The molecule has 3 aromatic rings. The van der Waals surface area contributed by atoms with Gasteiger partial charge in [0.2, 0.25) is 0 Å². The quantitative estimate of drug-likeness (QED) is 0.684. The van der Waals surface area contributed by atoms with Crippen LogP contribution in [0.1, 0.15) is 21.7 Å². The van der Waals surface area contributed by atoms with Crippen LogP contribution in [0.4, 0.5) is 13.2 Å². The van der Waals surface area contributed by atoms with Crippen LogP contribution in [-0.2, 0) is 13.0 Å². The number of carbonyl (C=O) groups is 1. The maximum atomic E-state index is 12.5. The van der Waals surface area contributed by atoms with Gasteiger partial charge >= 0.3 is 6.18 Å². The highest BCUT2D eigenvalue weighted by Crippen LogP contribution is 2.20. The smallest absolute Gasteiger partial charge is 0.294 e. The molecule has 0 unspecified atom stereocenters. The zero-order valence-electron chi connectivity index (χ0n) is 12.8. The van der Waals surface area contributed by atoms with E-state index in [9.17, 15) is 18.0 Å². The van der Waals surface area contributed by atoms with E-state index in [2.05, 4.69) is 10.1 Å². The van der Waals surface area contributed by atoms with Crippen molar-refractivity contribution in [1.29, 1.82) is 0 Å². The van der Waals surface area contributed by atoms with E-state index in [-0.39, 0.29) is 23.5 Å². The summed E-state index contributed by atoms with van der Waals surface area (Å²) in [5.74, 6) is -0.302. The summed E-state index contributed by atoms with van der Waals surface area (Å²) >= 11 is 0. The van der Waals surface area contributed by atoms with E-state index >= 15 is 0 Å². The molecule has 0 bridgehead atoms. The molecule has 0 aliphatic rings. The van der Waals surface area contributed by atoms with Crippen molar-refractivity contribution in [3.05, 3.63) is 59.5 Å². The van der Waals surface area contributed by atoms with Crippen LogP contribution in [0.15, 0.2) is 42.6 Å². The fourth-order valence-corrected chi connectivity index (χ4v) is 2.52. The highest BCUT2D eigenvalue weighted by molar-refractivity contribution is 5.98. The molecule has 0 aliphatic heterocycles. The van der Waals surface area contributed by atoms with Crippen LogP contribution in [0.2, 0.25) is 0 Å². The second-order valence-corrected chi connectivity index (χ2v) is 5.51. The van der Waals surface area contributed by atoms with Crippen molar-refractivity contribution >= 4 is 16.7 Å². The second kappa shape index (κ2) is 6.07. The lowest BCUT2D eigenvalue weighted by Gasteiger charge is -2.08. The summed E-state index contributed by atoms with van der Waals surface area (Å²) in [6.07, 6.45) is -3.18. The number of nitrogens with zero attached hydrogens (tertiary/aromatic N) is 3. The van der Waals surface area contributed by atoms with E-state index in [1.54, 1.807) is 6.07 Å². The van der Waals surface area contributed by atoms with Gasteiger partial charge in [0.1, 0.15) is 6.54 Å². The van der Waals surface area contributed by atoms with Crippen LogP contribution in [0.3, 0.4) is 0 Å². The van der Waals surface area contributed by atoms with Crippen molar-refractivity contribution in [3.63, 3.8) is 0 Å². The summed E-state index contributed by atoms with van der Waals surface area (Å²) in [4.78, 5) is 16.8. The molecule has 0 fully saturated rings. The molecule has 4 nitrogen and oxygen atoms in total. The number of para-hydroxylation sites is 1. The highest BCUT2D eigenvalue weighted by atomic mass is 19.4. The number of Topliss-reactive ketones (excluding diaryl/α,β-unsaturated/α-hetero) is 1. The second-order valence-electron chi connectivity index (χ2n) is 5.51. The Morgan fingerprint density at radius 3 is 2.67 bits per heavy atom. The predicted molar refractivity (Wildman–Crippen MR) is 82.8 cm³/mol. The van der Waals surface area contributed by atoms with Crippen molar-refractivity contribution in [1.82, 2.24) is 14.8 Å². The molecule has 0 spiro atoms. The first-order valence-corrected chi connectivity index (χ1v) is 7.30. The Bertz CT molecular complexity index is 899. The Labute approximate surface area is 135 Å². The van der Waals surface area contributed by atoms with Gasteiger partial charge in [0.05, 0.1) is 23.7 Å². The molecule has 3 rings (SSSR count). The molecule has 1 aromatic carbocycles. The number of halogens is 3. The zero-order chi connectivity index (χ0) is 17.3. The predicted octanol–water partition coefficient (Wildman–Crippen LogP) is 3.73. The largest absolute Gasteiger partial charge is 0.408 e. The number of rotatable bonds is 4.